The van der Waals surface area contributed by atoms with Crippen LogP contribution in [-0.4, -0.2) is 36.4 Å². The number of unbranched alkanes of at least 4 members (excludes halogenated alkanes) is 58. The molecule has 1 unspecified atom stereocenters. The van der Waals surface area contributed by atoms with Crippen LogP contribution in [0.4, 0.5) is 0 Å². The molecule has 0 aromatic heterocycles. The Hall–Kier alpha value is -2.14. The van der Waals surface area contributed by atoms with E-state index in [0.29, 0.717) is 12.8 Å². The highest BCUT2D eigenvalue weighted by Gasteiger charge is 2.16. The molecule has 0 radical (unpaired) electrons. The van der Waals surface area contributed by atoms with Crippen LogP contribution >= 0.6 is 0 Å². The average Bonchev–Trinajstić information content (AvgIpc) is 3.55. The van der Waals surface area contributed by atoms with E-state index in [2.05, 4.69) is 62.5 Å². The van der Waals surface area contributed by atoms with E-state index < -0.39 is 6.10 Å². The predicted molar refractivity (Wildman–Crippen MR) is 381 cm³/mol. The van der Waals surface area contributed by atoms with Crippen molar-refractivity contribution >= 4 is 11.9 Å². The van der Waals surface area contributed by atoms with E-state index in [-0.39, 0.29) is 25.2 Å². The molecule has 506 valence electrons. The number of hydrogen-bond acceptors (Lipinski definition) is 5. The van der Waals surface area contributed by atoms with E-state index in [1.54, 1.807) is 0 Å². The molecule has 0 aromatic carbocycles. The van der Waals surface area contributed by atoms with Crippen LogP contribution < -0.4 is 0 Å². The minimum atomic E-state index is -0.770. The summed E-state index contributed by atoms with van der Waals surface area (Å²) in [6.45, 7) is 4.10. The summed E-state index contributed by atoms with van der Waals surface area (Å²) in [6, 6.07) is 0. The maximum atomic E-state index is 12.4. The van der Waals surface area contributed by atoms with Crippen LogP contribution in [0.15, 0.2) is 48.6 Å². The van der Waals surface area contributed by atoms with Crippen LogP contribution in [0, 0.1) is 0 Å². The summed E-state index contributed by atoms with van der Waals surface area (Å²) >= 11 is 0. The normalized spacial score (nSPS) is 12.4. The van der Waals surface area contributed by atoms with Crippen molar-refractivity contribution in [2.75, 3.05) is 13.2 Å². The quantitative estimate of drug-likeness (QED) is 0.0373. The summed E-state index contributed by atoms with van der Waals surface area (Å²) in [4.78, 5) is 24.7. The Kier molecular flexibility index (Phi) is 75.2. The highest BCUT2D eigenvalue weighted by Crippen LogP contribution is 2.20. The maximum absolute atomic E-state index is 12.4. The molecule has 0 fully saturated rings. The number of esters is 2. The van der Waals surface area contributed by atoms with E-state index in [0.717, 1.165) is 57.8 Å². The Morgan fingerprint density at radius 1 is 0.279 bits per heavy atom. The van der Waals surface area contributed by atoms with Crippen LogP contribution in [0.3, 0.4) is 0 Å². The first-order valence-electron chi connectivity index (χ1n) is 39.2. The minimum absolute atomic E-state index is 0.0586. The van der Waals surface area contributed by atoms with Crippen molar-refractivity contribution < 1.29 is 24.2 Å². The van der Waals surface area contributed by atoms with Gasteiger partial charge in [0.05, 0.1) is 6.61 Å². The third kappa shape index (κ3) is 74.3. The van der Waals surface area contributed by atoms with Crippen molar-refractivity contribution in [1.29, 1.82) is 0 Å². The first-order chi connectivity index (χ1) is 42.6. The van der Waals surface area contributed by atoms with E-state index in [1.165, 1.54) is 353 Å². The lowest BCUT2D eigenvalue weighted by Crippen LogP contribution is -2.28. The molecule has 0 heterocycles. The fraction of sp³-hybridized carbons (Fsp3) is 0.877. The number of hydrogen-bond donors (Lipinski definition) is 1. The Balaban J connectivity index is 3.36. The van der Waals surface area contributed by atoms with E-state index >= 15 is 0 Å². The average molecular weight is 1210 g/mol. The van der Waals surface area contributed by atoms with Gasteiger partial charge in [-0.1, -0.05) is 422 Å². The first kappa shape index (κ1) is 83.9. The van der Waals surface area contributed by atoms with Crippen molar-refractivity contribution in [1.82, 2.24) is 0 Å². The molecule has 86 heavy (non-hydrogen) atoms. The second kappa shape index (κ2) is 77.1. The zero-order valence-corrected chi connectivity index (χ0v) is 58.4. The van der Waals surface area contributed by atoms with Gasteiger partial charge in [-0.3, -0.25) is 9.59 Å². The van der Waals surface area contributed by atoms with Crippen LogP contribution in [0.25, 0.3) is 0 Å². The Morgan fingerprint density at radius 3 is 0.756 bits per heavy atom. The fourth-order valence-corrected chi connectivity index (χ4v) is 12.3. The monoisotopic (exact) mass is 1210 g/mol. The van der Waals surface area contributed by atoms with E-state index in [1.807, 2.05) is 0 Å². The minimum Gasteiger partial charge on any atom is -0.462 e. The van der Waals surface area contributed by atoms with Gasteiger partial charge >= 0.3 is 11.9 Å². The zero-order valence-electron chi connectivity index (χ0n) is 58.4. The molecule has 0 aliphatic rings. The molecule has 0 saturated carbocycles. The molecular formula is C81H152O5. The summed E-state index contributed by atoms with van der Waals surface area (Å²) < 4.78 is 10.8. The summed E-state index contributed by atoms with van der Waals surface area (Å²) in [6.07, 6.45) is 105. The summed E-state index contributed by atoms with van der Waals surface area (Å²) in [7, 11) is 0. The van der Waals surface area contributed by atoms with E-state index in [4.69, 9.17) is 9.47 Å². The molecule has 0 spiro atoms. The van der Waals surface area contributed by atoms with Gasteiger partial charge in [-0.25, -0.2) is 0 Å². The van der Waals surface area contributed by atoms with Gasteiger partial charge in [-0.2, -0.15) is 0 Å². The second-order valence-electron chi connectivity index (χ2n) is 26.8. The highest BCUT2D eigenvalue weighted by atomic mass is 16.6. The molecule has 0 aliphatic heterocycles. The fourth-order valence-electron chi connectivity index (χ4n) is 12.3. The molecule has 0 saturated heterocycles. The topological polar surface area (TPSA) is 72.8 Å². The SMILES string of the molecule is CC/C=C\C/C=C\C/C=C\C/C=C\CCCCCCCCCCCCCCCCCCCCCCCCC(=O)OC(CO)COC(=O)CCCCCCCCCCCCCCCCCCCCCCCCCCCCCCCCCCCCCCC. The van der Waals surface area contributed by atoms with Crippen molar-refractivity contribution in [3.63, 3.8) is 0 Å². The molecule has 0 aromatic rings. The summed E-state index contributed by atoms with van der Waals surface area (Å²) in [5, 5.41) is 9.72. The van der Waals surface area contributed by atoms with Gasteiger partial charge in [0.2, 0.25) is 0 Å². The van der Waals surface area contributed by atoms with Gasteiger partial charge in [-0.05, 0) is 51.4 Å². The number of carbonyl (C=O) groups excluding carboxylic acids is 2. The van der Waals surface area contributed by atoms with Gasteiger partial charge in [0.1, 0.15) is 6.61 Å². The van der Waals surface area contributed by atoms with Crippen molar-refractivity contribution in [2.45, 2.75) is 444 Å². The highest BCUT2D eigenvalue weighted by molar-refractivity contribution is 5.70. The lowest BCUT2D eigenvalue weighted by atomic mass is 10.0. The van der Waals surface area contributed by atoms with Crippen molar-refractivity contribution in [2.24, 2.45) is 0 Å². The number of ether oxygens (including phenoxy) is 2. The Bertz CT molecular complexity index is 1410. The van der Waals surface area contributed by atoms with Crippen LogP contribution in [0.2, 0.25) is 0 Å². The predicted octanol–water partition coefficient (Wildman–Crippen LogP) is 27.4. The summed E-state index contributed by atoms with van der Waals surface area (Å²) in [5.41, 5.74) is 0. The van der Waals surface area contributed by atoms with Crippen molar-refractivity contribution in [3.05, 3.63) is 48.6 Å². The molecule has 5 heteroatoms. The molecule has 0 aliphatic carbocycles. The van der Waals surface area contributed by atoms with Crippen LogP contribution in [0.5, 0.6) is 0 Å². The smallest absolute Gasteiger partial charge is 0.306 e. The number of allylic oxidation sites excluding steroid dienone is 8. The Labute approximate surface area is 539 Å². The van der Waals surface area contributed by atoms with Crippen molar-refractivity contribution in [3.8, 4) is 0 Å². The Morgan fingerprint density at radius 2 is 0.500 bits per heavy atom. The summed E-state index contributed by atoms with van der Waals surface area (Å²) in [5.74, 6) is -0.563. The lowest BCUT2D eigenvalue weighted by molar-refractivity contribution is -0.161. The first-order valence-corrected chi connectivity index (χ1v) is 39.2. The molecule has 0 bridgehead atoms. The number of carbonyl (C=O) groups is 2. The van der Waals surface area contributed by atoms with Gasteiger partial charge in [0, 0.05) is 12.8 Å². The molecule has 0 rings (SSSR count). The third-order valence-electron chi connectivity index (χ3n) is 18.1. The number of aliphatic hydroxyl groups excluding tert-OH is 1. The second-order valence-corrected chi connectivity index (χ2v) is 26.8. The molecule has 0 amide bonds. The lowest BCUT2D eigenvalue weighted by Gasteiger charge is -2.15. The van der Waals surface area contributed by atoms with E-state index in [9.17, 15) is 14.7 Å². The number of rotatable bonds is 74. The van der Waals surface area contributed by atoms with Gasteiger partial charge in [0.15, 0.2) is 6.10 Å². The molecular weight excluding hydrogens is 1050 g/mol. The standard InChI is InChI=1S/C81H152O5/c1-3-5-7-9-11-13-15-17-19-21-23-25-27-29-31-33-35-37-39-40-42-43-45-47-49-51-53-55-57-59-61-63-65-67-69-71-73-75-80(83)85-78-79(77-82)86-81(84)76-74-72-70-68-66-64-62-60-58-56-54-52-50-48-46-44-41-38-36-34-32-30-28-26-24-22-20-18-16-14-12-10-8-6-4-2/h6,8,12,14,18,20,24,26,79,82H,3-5,7,9-11,13,15-17,19,21-23,25,27-78H2,1-2H3/b8-6-,14-12-,20-18-,26-24-. The number of aliphatic hydroxyl groups is 1. The van der Waals surface area contributed by atoms with Crippen LogP contribution in [-0.2, 0) is 19.1 Å². The molecule has 1 N–H and O–H groups in total. The molecule has 5 nitrogen and oxygen atoms in total. The van der Waals surface area contributed by atoms with Gasteiger partial charge in [0.25, 0.3) is 0 Å². The van der Waals surface area contributed by atoms with Crippen LogP contribution in [0.1, 0.15) is 438 Å². The largest absolute Gasteiger partial charge is 0.462 e. The molecule has 1 atom stereocenters. The third-order valence-corrected chi connectivity index (χ3v) is 18.1. The van der Waals surface area contributed by atoms with Gasteiger partial charge in [-0.15, -0.1) is 0 Å². The maximum Gasteiger partial charge on any atom is 0.306 e. The van der Waals surface area contributed by atoms with Gasteiger partial charge < -0.3 is 14.6 Å². The zero-order chi connectivity index (χ0) is 61.9.